The van der Waals surface area contributed by atoms with Gasteiger partial charge >= 0.3 is 11.9 Å². The molecule has 1 aliphatic rings. The molecule has 1 aliphatic carbocycles. The predicted molar refractivity (Wildman–Crippen MR) is 132 cm³/mol. The van der Waals surface area contributed by atoms with Crippen molar-refractivity contribution in [3.05, 3.63) is 34.7 Å². The van der Waals surface area contributed by atoms with Crippen LogP contribution >= 0.6 is 11.3 Å². The summed E-state index contributed by atoms with van der Waals surface area (Å²) in [5, 5.41) is 0. The highest BCUT2D eigenvalue weighted by molar-refractivity contribution is 7.18. The first-order valence-electron chi connectivity index (χ1n) is 11.5. The van der Waals surface area contributed by atoms with Crippen LogP contribution in [0.1, 0.15) is 68.1 Å². The lowest BCUT2D eigenvalue weighted by atomic mass is 9.94. The van der Waals surface area contributed by atoms with E-state index in [0.29, 0.717) is 16.7 Å². The van der Waals surface area contributed by atoms with Gasteiger partial charge in [-0.05, 0) is 58.2 Å². The summed E-state index contributed by atoms with van der Waals surface area (Å²) in [5.41, 5.74) is 2.37. The Morgan fingerprint density at radius 2 is 1.85 bits per heavy atom. The number of thiophene rings is 1. The zero-order valence-electron chi connectivity index (χ0n) is 20.5. The number of carbonyl (C=O) groups excluding carboxylic acids is 2. The number of esters is 2. The van der Waals surface area contributed by atoms with Crippen molar-refractivity contribution in [2.75, 3.05) is 25.7 Å². The lowest BCUT2D eigenvalue weighted by Gasteiger charge is -2.33. The Hall–Kier alpha value is -2.54. The molecule has 1 saturated carbocycles. The van der Waals surface area contributed by atoms with Gasteiger partial charge < -0.3 is 19.1 Å². The third kappa shape index (κ3) is 6.28. The summed E-state index contributed by atoms with van der Waals surface area (Å²) in [6.07, 6.45) is 6.31. The SMILES string of the molecule is COC(=O)c1sc(-c2cccc(N(C)C3CCCCC3)c2)c(C)c1OCC(=O)OC(C)(C)C. The first-order valence-corrected chi connectivity index (χ1v) is 12.3. The van der Waals surface area contributed by atoms with Gasteiger partial charge in [0.25, 0.3) is 0 Å². The molecule has 1 aromatic carbocycles. The summed E-state index contributed by atoms with van der Waals surface area (Å²) in [7, 11) is 3.50. The molecule has 180 valence electrons. The van der Waals surface area contributed by atoms with Crippen molar-refractivity contribution in [2.45, 2.75) is 71.4 Å². The fraction of sp³-hybridized carbons (Fsp3) is 0.538. The quantitative estimate of drug-likeness (QED) is 0.460. The minimum Gasteiger partial charge on any atom is -0.480 e. The van der Waals surface area contributed by atoms with E-state index in [-0.39, 0.29) is 6.61 Å². The molecule has 1 aromatic heterocycles. The molecular formula is C26H35NO5S. The van der Waals surface area contributed by atoms with Gasteiger partial charge in [0.2, 0.25) is 0 Å². The first-order chi connectivity index (χ1) is 15.6. The van der Waals surface area contributed by atoms with Crippen LogP contribution < -0.4 is 9.64 Å². The predicted octanol–water partition coefficient (Wildman–Crippen LogP) is 6.00. The number of hydrogen-bond donors (Lipinski definition) is 0. The van der Waals surface area contributed by atoms with Gasteiger partial charge in [0.15, 0.2) is 11.5 Å². The second-order valence-corrected chi connectivity index (χ2v) is 10.6. The van der Waals surface area contributed by atoms with Crippen LogP contribution in [-0.4, -0.2) is 44.3 Å². The maximum Gasteiger partial charge on any atom is 0.351 e. The Morgan fingerprint density at radius 3 is 2.48 bits per heavy atom. The van der Waals surface area contributed by atoms with Crippen molar-refractivity contribution >= 4 is 29.0 Å². The van der Waals surface area contributed by atoms with Crippen molar-refractivity contribution in [2.24, 2.45) is 0 Å². The van der Waals surface area contributed by atoms with Gasteiger partial charge in [-0.25, -0.2) is 9.59 Å². The van der Waals surface area contributed by atoms with Crippen molar-refractivity contribution in [3.8, 4) is 16.2 Å². The summed E-state index contributed by atoms with van der Waals surface area (Å²) in [4.78, 5) is 28.3. The van der Waals surface area contributed by atoms with Crippen LogP contribution in [0.5, 0.6) is 5.75 Å². The topological polar surface area (TPSA) is 65.1 Å². The Kier molecular flexibility index (Phi) is 8.05. The molecule has 0 atom stereocenters. The smallest absolute Gasteiger partial charge is 0.351 e. The normalized spacial score (nSPS) is 14.6. The number of ether oxygens (including phenoxy) is 3. The van der Waals surface area contributed by atoms with Gasteiger partial charge in [-0.15, -0.1) is 11.3 Å². The molecule has 0 bridgehead atoms. The highest BCUT2D eigenvalue weighted by atomic mass is 32.1. The van der Waals surface area contributed by atoms with E-state index in [2.05, 4.69) is 24.1 Å². The number of anilines is 1. The molecule has 1 fully saturated rings. The van der Waals surface area contributed by atoms with E-state index in [1.54, 1.807) is 20.8 Å². The van der Waals surface area contributed by atoms with Crippen molar-refractivity contribution in [1.29, 1.82) is 0 Å². The van der Waals surface area contributed by atoms with E-state index < -0.39 is 17.5 Å². The molecule has 2 aromatic rings. The Morgan fingerprint density at radius 1 is 1.15 bits per heavy atom. The van der Waals surface area contributed by atoms with Crippen molar-refractivity contribution < 1.29 is 23.8 Å². The molecular weight excluding hydrogens is 438 g/mol. The standard InChI is InChI=1S/C26H35NO5S/c1-17-22(31-16-21(28)32-26(2,3)4)24(25(29)30-6)33-23(17)18-11-10-14-20(15-18)27(5)19-12-8-7-9-13-19/h10-11,14-15,19H,7-9,12-13,16H2,1-6H3. The average Bonchev–Trinajstić information content (AvgIpc) is 3.12. The summed E-state index contributed by atoms with van der Waals surface area (Å²) in [6.45, 7) is 7.03. The summed E-state index contributed by atoms with van der Waals surface area (Å²) in [5.74, 6) is -0.593. The van der Waals surface area contributed by atoms with Gasteiger partial charge in [0.05, 0.1) is 7.11 Å². The summed E-state index contributed by atoms with van der Waals surface area (Å²) < 4.78 is 16.1. The van der Waals surface area contributed by atoms with Gasteiger partial charge in [-0.2, -0.15) is 0 Å². The van der Waals surface area contributed by atoms with Gasteiger partial charge in [-0.1, -0.05) is 31.4 Å². The first kappa shape index (κ1) is 25.1. The number of benzene rings is 1. The molecule has 7 heteroatoms. The van der Waals surface area contributed by atoms with Crippen molar-refractivity contribution in [1.82, 2.24) is 0 Å². The highest BCUT2D eigenvalue weighted by Gasteiger charge is 2.26. The van der Waals surface area contributed by atoms with Crippen LogP contribution in [0.15, 0.2) is 24.3 Å². The lowest BCUT2D eigenvalue weighted by molar-refractivity contribution is -0.157. The van der Waals surface area contributed by atoms with E-state index in [9.17, 15) is 9.59 Å². The maximum atomic E-state index is 12.5. The Bertz CT molecular complexity index is 985. The molecule has 1 heterocycles. The minimum atomic E-state index is -0.606. The lowest BCUT2D eigenvalue weighted by Crippen LogP contribution is -2.33. The minimum absolute atomic E-state index is 0.275. The zero-order valence-corrected chi connectivity index (χ0v) is 21.3. The monoisotopic (exact) mass is 473 g/mol. The fourth-order valence-corrected chi connectivity index (χ4v) is 5.39. The number of hydrogen-bond acceptors (Lipinski definition) is 7. The molecule has 0 aliphatic heterocycles. The van der Waals surface area contributed by atoms with Crippen LogP contribution in [0.4, 0.5) is 5.69 Å². The third-order valence-corrected chi connectivity index (χ3v) is 7.16. The van der Waals surface area contributed by atoms with Crippen LogP contribution in [-0.2, 0) is 14.3 Å². The molecule has 33 heavy (non-hydrogen) atoms. The molecule has 0 amide bonds. The van der Waals surface area contributed by atoms with E-state index in [1.165, 1.54) is 50.6 Å². The molecule has 6 nitrogen and oxygen atoms in total. The Labute approximate surface area is 200 Å². The summed E-state index contributed by atoms with van der Waals surface area (Å²) in [6, 6.07) is 8.92. The van der Waals surface area contributed by atoms with Crippen molar-refractivity contribution in [3.63, 3.8) is 0 Å². The van der Waals surface area contributed by atoms with Gasteiger partial charge in [0, 0.05) is 29.2 Å². The Balaban J connectivity index is 1.89. The average molecular weight is 474 g/mol. The van der Waals surface area contributed by atoms with E-state index >= 15 is 0 Å². The molecule has 0 spiro atoms. The van der Waals surface area contributed by atoms with E-state index in [4.69, 9.17) is 14.2 Å². The van der Waals surface area contributed by atoms with Crippen LogP contribution in [0.2, 0.25) is 0 Å². The number of methoxy groups -OCH3 is 1. The largest absolute Gasteiger partial charge is 0.480 e. The third-order valence-electron chi connectivity index (χ3n) is 5.85. The number of rotatable bonds is 7. The van der Waals surface area contributed by atoms with Gasteiger partial charge in [-0.3, -0.25) is 0 Å². The summed E-state index contributed by atoms with van der Waals surface area (Å²) >= 11 is 1.32. The van der Waals surface area contributed by atoms with E-state index in [0.717, 1.165) is 21.7 Å². The van der Waals surface area contributed by atoms with Crippen LogP contribution in [0.25, 0.3) is 10.4 Å². The number of carbonyl (C=O) groups is 2. The molecule has 0 radical (unpaired) electrons. The zero-order chi connectivity index (χ0) is 24.2. The second kappa shape index (κ2) is 10.6. The molecule has 0 saturated heterocycles. The molecule has 0 N–H and O–H groups in total. The van der Waals surface area contributed by atoms with E-state index in [1.807, 2.05) is 19.1 Å². The van der Waals surface area contributed by atoms with Crippen LogP contribution in [0.3, 0.4) is 0 Å². The second-order valence-electron chi connectivity index (χ2n) is 9.53. The molecule has 3 rings (SSSR count). The molecule has 0 unspecified atom stereocenters. The number of nitrogens with zero attached hydrogens (tertiary/aromatic N) is 1. The maximum absolute atomic E-state index is 12.5. The highest BCUT2D eigenvalue weighted by Crippen LogP contribution is 2.42. The fourth-order valence-electron chi connectivity index (χ4n) is 4.22. The van der Waals surface area contributed by atoms with Crippen LogP contribution in [0, 0.1) is 6.92 Å². The van der Waals surface area contributed by atoms with Gasteiger partial charge in [0.1, 0.15) is 11.4 Å².